The lowest BCUT2D eigenvalue weighted by molar-refractivity contribution is 0.687. The molecule has 2 aromatic heterocycles. The first-order valence-corrected chi connectivity index (χ1v) is 6.87. The van der Waals surface area contributed by atoms with Gasteiger partial charge in [0.05, 0.1) is 12.7 Å². The Hall–Kier alpha value is -2.62. The summed E-state index contributed by atoms with van der Waals surface area (Å²) in [6.07, 6.45) is 5.69. The Labute approximate surface area is 123 Å². The van der Waals surface area contributed by atoms with Crippen LogP contribution >= 0.6 is 0 Å². The Balaban J connectivity index is 1.90. The Bertz CT molecular complexity index is 789. The number of pyridine rings is 1. The van der Waals surface area contributed by atoms with Gasteiger partial charge in [0.1, 0.15) is 0 Å². The van der Waals surface area contributed by atoms with Crippen LogP contribution in [-0.2, 0) is 13.6 Å². The molecule has 0 bridgehead atoms. The van der Waals surface area contributed by atoms with Crippen LogP contribution in [0.25, 0.3) is 11.1 Å². The van der Waals surface area contributed by atoms with E-state index in [0.29, 0.717) is 0 Å². The Morgan fingerprint density at radius 2 is 1.86 bits per heavy atom. The molecule has 0 atom stereocenters. The predicted octanol–water partition coefficient (Wildman–Crippen LogP) is 2.61. The van der Waals surface area contributed by atoms with Crippen LogP contribution in [0.5, 0.6) is 0 Å². The summed E-state index contributed by atoms with van der Waals surface area (Å²) in [5, 5.41) is 4.40. The molecule has 0 N–H and O–H groups in total. The van der Waals surface area contributed by atoms with Gasteiger partial charge in [-0.15, -0.1) is 0 Å². The summed E-state index contributed by atoms with van der Waals surface area (Å²) in [5.41, 5.74) is 4.02. The smallest absolute Gasteiger partial charge is 0.253 e. The highest BCUT2D eigenvalue weighted by atomic mass is 16.1. The normalized spacial score (nSPS) is 10.8. The average molecular weight is 279 g/mol. The molecule has 0 radical (unpaired) electrons. The molecular weight excluding hydrogens is 262 g/mol. The average Bonchev–Trinajstić information content (AvgIpc) is 2.94. The van der Waals surface area contributed by atoms with Gasteiger partial charge in [-0.1, -0.05) is 30.3 Å². The minimum absolute atomic E-state index is 0.0374. The molecule has 0 saturated carbocycles. The largest absolute Gasteiger partial charge is 0.318 e. The first-order valence-electron chi connectivity index (χ1n) is 6.87. The molecule has 4 nitrogen and oxygen atoms in total. The number of hydrogen-bond acceptors (Lipinski definition) is 2. The number of benzene rings is 1. The van der Waals surface area contributed by atoms with E-state index in [9.17, 15) is 4.79 Å². The van der Waals surface area contributed by atoms with E-state index in [0.717, 1.165) is 23.2 Å². The van der Waals surface area contributed by atoms with Crippen molar-refractivity contribution in [3.8, 4) is 11.1 Å². The van der Waals surface area contributed by atoms with Gasteiger partial charge in [0.15, 0.2) is 0 Å². The summed E-state index contributed by atoms with van der Waals surface area (Å²) < 4.78 is 3.52. The zero-order valence-electron chi connectivity index (χ0n) is 12.2. The quantitative estimate of drug-likeness (QED) is 0.739. The van der Waals surface area contributed by atoms with Gasteiger partial charge in [-0.2, -0.15) is 5.10 Å². The lowest BCUT2D eigenvalue weighted by Gasteiger charge is -2.04. The van der Waals surface area contributed by atoms with Crippen molar-refractivity contribution in [2.24, 2.45) is 7.05 Å². The molecule has 0 saturated heterocycles. The summed E-state index contributed by atoms with van der Waals surface area (Å²) in [5.74, 6) is 0. The molecule has 21 heavy (non-hydrogen) atoms. The fourth-order valence-electron chi connectivity index (χ4n) is 2.41. The molecule has 0 aliphatic heterocycles. The summed E-state index contributed by atoms with van der Waals surface area (Å²) in [7, 11) is 1.77. The van der Waals surface area contributed by atoms with Crippen LogP contribution < -0.4 is 5.56 Å². The van der Waals surface area contributed by atoms with Crippen LogP contribution in [0.3, 0.4) is 0 Å². The molecule has 2 heterocycles. The van der Waals surface area contributed by atoms with E-state index in [1.807, 2.05) is 54.5 Å². The van der Waals surface area contributed by atoms with Gasteiger partial charge >= 0.3 is 0 Å². The number of rotatable bonds is 3. The van der Waals surface area contributed by atoms with Gasteiger partial charge in [0, 0.05) is 36.1 Å². The van der Waals surface area contributed by atoms with E-state index >= 15 is 0 Å². The standard InChI is InChI=1S/C17H17N3O/c1-13-8-15(11-19(2)17(13)21)16-9-18-20(12-16)10-14-6-4-3-5-7-14/h3-9,11-12H,10H2,1-2H3. The van der Waals surface area contributed by atoms with Gasteiger partial charge in [-0.25, -0.2) is 0 Å². The number of hydrogen-bond donors (Lipinski definition) is 0. The van der Waals surface area contributed by atoms with Crippen LogP contribution in [-0.4, -0.2) is 14.3 Å². The highest BCUT2D eigenvalue weighted by molar-refractivity contribution is 5.61. The van der Waals surface area contributed by atoms with Gasteiger partial charge in [0.2, 0.25) is 0 Å². The number of aromatic nitrogens is 3. The first-order chi connectivity index (χ1) is 10.1. The SMILES string of the molecule is Cc1cc(-c2cnn(Cc3ccccc3)c2)cn(C)c1=O. The lowest BCUT2D eigenvalue weighted by atomic mass is 10.1. The number of aryl methyl sites for hydroxylation is 2. The third-order valence-corrected chi connectivity index (χ3v) is 3.52. The molecule has 3 aromatic rings. The highest BCUT2D eigenvalue weighted by Crippen LogP contribution is 2.18. The van der Waals surface area contributed by atoms with Crippen LogP contribution in [0.15, 0.2) is 59.8 Å². The Morgan fingerprint density at radius 3 is 2.57 bits per heavy atom. The minimum Gasteiger partial charge on any atom is -0.318 e. The maximum absolute atomic E-state index is 11.7. The molecule has 4 heteroatoms. The molecule has 0 unspecified atom stereocenters. The van der Waals surface area contributed by atoms with Crippen molar-refractivity contribution in [1.82, 2.24) is 14.3 Å². The Morgan fingerprint density at radius 1 is 1.10 bits per heavy atom. The second-order valence-electron chi connectivity index (χ2n) is 5.24. The summed E-state index contributed by atoms with van der Waals surface area (Å²) in [6, 6.07) is 12.1. The van der Waals surface area contributed by atoms with E-state index in [1.54, 1.807) is 11.6 Å². The molecule has 0 aliphatic carbocycles. The lowest BCUT2D eigenvalue weighted by Crippen LogP contribution is -2.18. The van der Waals surface area contributed by atoms with Crippen LogP contribution in [0.4, 0.5) is 0 Å². The molecule has 0 fully saturated rings. The van der Waals surface area contributed by atoms with E-state index in [2.05, 4.69) is 17.2 Å². The van der Waals surface area contributed by atoms with E-state index in [1.165, 1.54) is 5.56 Å². The van der Waals surface area contributed by atoms with E-state index in [-0.39, 0.29) is 5.56 Å². The van der Waals surface area contributed by atoms with Crippen LogP contribution in [0.1, 0.15) is 11.1 Å². The summed E-state index contributed by atoms with van der Waals surface area (Å²) >= 11 is 0. The topological polar surface area (TPSA) is 39.8 Å². The molecule has 1 aromatic carbocycles. The maximum Gasteiger partial charge on any atom is 0.253 e. The summed E-state index contributed by atoms with van der Waals surface area (Å²) in [6.45, 7) is 2.58. The molecule has 3 rings (SSSR count). The number of nitrogens with zero attached hydrogens (tertiary/aromatic N) is 3. The molecule has 106 valence electrons. The van der Waals surface area contributed by atoms with Gasteiger partial charge in [-0.05, 0) is 18.6 Å². The second-order valence-corrected chi connectivity index (χ2v) is 5.24. The molecule has 0 aliphatic rings. The maximum atomic E-state index is 11.7. The van der Waals surface area contributed by atoms with Crippen molar-refractivity contribution >= 4 is 0 Å². The minimum atomic E-state index is 0.0374. The third kappa shape index (κ3) is 2.79. The summed E-state index contributed by atoms with van der Waals surface area (Å²) in [4.78, 5) is 11.7. The van der Waals surface area contributed by atoms with Crippen molar-refractivity contribution in [2.45, 2.75) is 13.5 Å². The van der Waals surface area contributed by atoms with Gasteiger partial charge < -0.3 is 4.57 Å². The van der Waals surface area contributed by atoms with E-state index < -0.39 is 0 Å². The molecular formula is C17H17N3O. The highest BCUT2D eigenvalue weighted by Gasteiger charge is 2.06. The van der Waals surface area contributed by atoms with E-state index in [4.69, 9.17) is 0 Å². The van der Waals surface area contributed by atoms with Crippen molar-refractivity contribution in [2.75, 3.05) is 0 Å². The van der Waals surface area contributed by atoms with Crippen molar-refractivity contribution in [3.05, 3.63) is 76.5 Å². The fourth-order valence-corrected chi connectivity index (χ4v) is 2.41. The second kappa shape index (κ2) is 5.40. The van der Waals surface area contributed by atoms with Gasteiger partial charge in [-0.3, -0.25) is 9.48 Å². The van der Waals surface area contributed by atoms with Gasteiger partial charge in [0.25, 0.3) is 5.56 Å². The Kier molecular flexibility index (Phi) is 3.44. The van der Waals surface area contributed by atoms with Crippen molar-refractivity contribution in [1.29, 1.82) is 0 Å². The monoisotopic (exact) mass is 279 g/mol. The van der Waals surface area contributed by atoms with Crippen molar-refractivity contribution in [3.63, 3.8) is 0 Å². The zero-order chi connectivity index (χ0) is 14.8. The fraction of sp³-hybridized carbons (Fsp3) is 0.176. The molecule has 0 amide bonds. The van der Waals surface area contributed by atoms with Crippen molar-refractivity contribution < 1.29 is 0 Å². The zero-order valence-corrected chi connectivity index (χ0v) is 12.2. The van der Waals surface area contributed by atoms with Crippen LogP contribution in [0.2, 0.25) is 0 Å². The first kappa shape index (κ1) is 13.4. The molecule has 0 spiro atoms. The van der Waals surface area contributed by atoms with Crippen LogP contribution in [0, 0.1) is 6.92 Å². The predicted molar refractivity (Wildman–Crippen MR) is 83.2 cm³/mol. The third-order valence-electron chi connectivity index (χ3n) is 3.52.